The summed E-state index contributed by atoms with van der Waals surface area (Å²) < 4.78 is 0. The lowest BCUT2D eigenvalue weighted by Crippen LogP contribution is -2.22. The molecule has 19 heavy (non-hydrogen) atoms. The standard InChI is InChI=1S/C15H16N2O2/c1-10-2-5-12(8-14(10)18)15(19)17-9-11-3-6-13(16)7-4-11/h2-8,18H,9,16H2,1H3,(H,17,19). The van der Waals surface area contributed by atoms with Gasteiger partial charge in [0.25, 0.3) is 5.91 Å². The zero-order chi connectivity index (χ0) is 13.8. The number of aromatic hydroxyl groups is 1. The molecule has 0 aromatic heterocycles. The maximum absolute atomic E-state index is 11.9. The second-order valence-electron chi connectivity index (χ2n) is 4.43. The molecule has 98 valence electrons. The van der Waals surface area contributed by atoms with E-state index >= 15 is 0 Å². The van der Waals surface area contributed by atoms with Crippen molar-refractivity contribution in [1.29, 1.82) is 0 Å². The number of phenols is 1. The van der Waals surface area contributed by atoms with Gasteiger partial charge in [0.05, 0.1) is 0 Å². The molecule has 0 spiro atoms. The first-order valence-electron chi connectivity index (χ1n) is 5.98. The first-order chi connectivity index (χ1) is 9.06. The van der Waals surface area contributed by atoms with E-state index in [0.717, 1.165) is 11.1 Å². The van der Waals surface area contributed by atoms with Gasteiger partial charge in [-0.2, -0.15) is 0 Å². The Labute approximate surface area is 111 Å². The number of hydrogen-bond acceptors (Lipinski definition) is 3. The molecule has 4 heteroatoms. The minimum atomic E-state index is -0.216. The molecule has 0 bridgehead atoms. The molecule has 0 aliphatic carbocycles. The van der Waals surface area contributed by atoms with Crippen molar-refractivity contribution in [1.82, 2.24) is 5.32 Å². The Morgan fingerprint density at radius 2 is 1.89 bits per heavy atom. The number of nitrogens with one attached hydrogen (secondary N) is 1. The van der Waals surface area contributed by atoms with Crippen molar-refractivity contribution < 1.29 is 9.90 Å². The van der Waals surface area contributed by atoms with Crippen molar-refractivity contribution in [3.05, 3.63) is 59.2 Å². The minimum Gasteiger partial charge on any atom is -0.508 e. The molecule has 0 aliphatic heterocycles. The summed E-state index contributed by atoms with van der Waals surface area (Å²) in [5.74, 6) is -0.0905. The molecule has 0 unspecified atom stereocenters. The molecule has 0 heterocycles. The van der Waals surface area contributed by atoms with Crippen molar-refractivity contribution in [3.8, 4) is 5.75 Å². The number of hydrogen-bond donors (Lipinski definition) is 3. The Balaban J connectivity index is 2.01. The van der Waals surface area contributed by atoms with Gasteiger partial charge in [-0.3, -0.25) is 4.79 Å². The number of aryl methyl sites for hydroxylation is 1. The van der Waals surface area contributed by atoms with Gasteiger partial charge in [-0.25, -0.2) is 0 Å². The fourth-order valence-corrected chi connectivity index (χ4v) is 1.67. The molecule has 0 saturated heterocycles. The quantitative estimate of drug-likeness (QED) is 0.737. The molecular weight excluding hydrogens is 240 g/mol. The van der Waals surface area contributed by atoms with Crippen LogP contribution in [0.5, 0.6) is 5.75 Å². The van der Waals surface area contributed by atoms with E-state index < -0.39 is 0 Å². The predicted molar refractivity (Wildman–Crippen MR) is 74.9 cm³/mol. The molecule has 0 radical (unpaired) electrons. The zero-order valence-corrected chi connectivity index (χ0v) is 10.7. The predicted octanol–water partition coefficient (Wildman–Crippen LogP) is 2.21. The van der Waals surface area contributed by atoms with E-state index in [1.807, 2.05) is 12.1 Å². The highest BCUT2D eigenvalue weighted by molar-refractivity contribution is 5.94. The lowest BCUT2D eigenvalue weighted by molar-refractivity contribution is 0.0950. The van der Waals surface area contributed by atoms with Gasteiger partial charge in [-0.1, -0.05) is 18.2 Å². The summed E-state index contributed by atoms with van der Waals surface area (Å²) in [7, 11) is 0. The third-order valence-corrected chi connectivity index (χ3v) is 2.90. The first kappa shape index (κ1) is 13.0. The molecule has 2 aromatic carbocycles. The number of amides is 1. The van der Waals surface area contributed by atoms with Crippen molar-refractivity contribution in [2.45, 2.75) is 13.5 Å². The number of nitrogens with two attached hydrogens (primary N) is 1. The summed E-state index contributed by atoms with van der Waals surface area (Å²) in [6.07, 6.45) is 0. The third-order valence-electron chi connectivity index (χ3n) is 2.90. The Morgan fingerprint density at radius 3 is 2.53 bits per heavy atom. The number of rotatable bonds is 3. The molecule has 0 saturated carbocycles. The Kier molecular flexibility index (Phi) is 3.71. The number of phenolic OH excluding ortho intramolecular Hbond substituents is 1. The normalized spacial score (nSPS) is 10.2. The monoisotopic (exact) mass is 256 g/mol. The van der Waals surface area contributed by atoms with Crippen LogP contribution in [0, 0.1) is 6.92 Å². The van der Waals surface area contributed by atoms with Crippen molar-refractivity contribution in [2.24, 2.45) is 0 Å². The summed E-state index contributed by atoms with van der Waals surface area (Å²) in [4.78, 5) is 11.9. The van der Waals surface area contributed by atoms with Crippen LogP contribution in [0.1, 0.15) is 21.5 Å². The van der Waals surface area contributed by atoms with Crippen LogP contribution in [0.3, 0.4) is 0 Å². The Morgan fingerprint density at radius 1 is 1.21 bits per heavy atom. The average molecular weight is 256 g/mol. The molecule has 2 aromatic rings. The average Bonchev–Trinajstić information content (AvgIpc) is 2.41. The topological polar surface area (TPSA) is 75.4 Å². The van der Waals surface area contributed by atoms with Gasteiger partial charge in [-0.05, 0) is 42.3 Å². The number of carbonyl (C=O) groups is 1. The second kappa shape index (κ2) is 5.44. The van der Waals surface area contributed by atoms with E-state index in [9.17, 15) is 9.90 Å². The van der Waals surface area contributed by atoms with E-state index in [0.29, 0.717) is 17.8 Å². The lowest BCUT2D eigenvalue weighted by Gasteiger charge is -2.07. The van der Waals surface area contributed by atoms with Gasteiger partial charge in [-0.15, -0.1) is 0 Å². The third kappa shape index (κ3) is 3.25. The molecular formula is C15H16N2O2. The fraction of sp³-hybridized carbons (Fsp3) is 0.133. The molecule has 0 fully saturated rings. The van der Waals surface area contributed by atoms with E-state index in [1.54, 1.807) is 31.2 Å². The van der Waals surface area contributed by atoms with Crippen LogP contribution in [-0.4, -0.2) is 11.0 Å². The van der Waals surface area contributed by atoms with Crippen LogP contribution in [0.2, 0.25) is 0 Å². The van der Waals surface area contributed by atoms with Gasteiger partial charge in [0.15, 0.2) is 0 Å². The van der Waals surface area contributed by atoms with Gasteiger partial charge in [0, 0.05) is 17.8 Å². The fourth-order valence-electron chi connectivity index (χ4n) is 1.67. The molecule has 0 atom stereocenters. The van der Waals surface area contributed by atoms with E-state index in [2.05, 4.69) is 5.32 Å². The highest BCUT2D eigenvalue weighted by Gasteiger charge is 2.07. The SMILES string of the molecule is Cc1ccc(C(=O)NCc2ccc(N)cc2)cc1O. The molecule has 1 amide bonds. The highest BCUT2D eigenvalue weighted by Crippen LogP contribution is 2.17. The Bertz CT molecular complexity index is 592. The summed E-state index contributed by atoms with van der Waals surface area (Å²) in [5.41, 5.74) is 8.44. The zero-order valence-electron chi connectivity index (χ0n) is 10.7. The molecule has 4 N–H and O–H groups in total. The Hall–Kier alpha value is -2.49. The number of nitrogen functional groups attached to an aromatic ring is 1. The van der Waals surface area contributed by atoms with E-state index in [-0.39, 0.29) is 11.7 Å². The maximum Gasteiger partial charge on any atom is 0.251 e. The van der Waals surface area contributed by atoms with Crippen molar-refractivity contribution in [2.75, 3.05) is 5.73 Å². The van der Waals surface area contributed by atoms with Gasteiger partial charge in [0.1, 0.15) is 5.75 Å². The lowest BCUT2D eigenvalue weighted by atomic mass is 10.1. The largest absolute Gasteiger partial charge is 0.508 e. The smallest absolute Gasteiger partial charge is 0.251 e. The van der Waals surface area contributed by atoms with Crippen molar-refractivity contribution in [3.63, 3.8) is 0 Å². The summed E-state index contributed by atoms with van der Waals surface area (Å²) in [5, 5.41) is 12.4. The van der Waals surface area contributed by atoms with Crippen LogP contribution in [-0.2, 0) is 6.54 Å². The summed E-state index contributed by atoms with van der Waals surface area (Å²) in [6.45, 7) is 2.21. The number of anilines is 1. The van der Waals surface area contributed by atoms with Gasteiger partial charge in [0.2, 0.25) is 0 Å². The molecule has 4 nitrogen and oxygen atoms in total. The van der Waals surface area contributed by atoms with Crippen LogP contribution < -0.4 is 11.1 Å². The number of benzene rings is 2. The van der Waals surface area contributed by atoms with Crippen LogP contribution >= 0.6 is 0 Å². The minimum absolute atomic E-state index is 0.125. The van der Waals surface area contributed by atoms with Crippen LogP contribution in [0.4, 0.5) is 5.69 Å². The highest BCUT2D eigenvalue weighted by atomic mass is 16.3. The summed E-state index contributed by atoms with van der Waals surface area (Å²) in [6, 6.07) is 12.2. The van der Waals surface area contributed by atoms with Crippen LogP contribution in [0.15, 0.2) is 42.5 Å². The van der Waals surface area contributed by atoms with E-state index in [4.69, 9.17) is 5.73 Å². The van der Waals surface area contributed by atoms with Crippen LogP contribution in [0.25, 0.3) is 0 Å². The first-order valence-corrected chi connectivity index (χ1v) is 5.98. The number of carbonyl (C=O) groups excluding carboxylic acids is 1. The van der Waals surface area contributed by atoms with Crippen molar-refractivity contribution >= 4 is 11.6 Å². The molecule has 2 rings (SSSR count). The van der Waals surface area contributed by atoms with E-state index in [1.165, 1.54) is 6.07 Å². The molecule has 0 aliphatic rings. The summed E-state index contributed by atoms with van der Waals surface area (Å²) >= 11 is 0. The van der Waals surface area contributed by atoms with Gasteiger partial charge >= 0.3 is 0 Å². The maximum atomic E-state index is 11.9. The second-order valence-corrected chi connectivity index (χ2v) is 4.43. The van der Waals surface area contributed by atoms with Gasteiger partial charge < -0.3 is 16.2 Å².